The van der Waals surface area contributed by atoms with Crippen molar-refractivity contribution >= 4 is 27.8 Å². The van der Waals surface area contributed by atoms with Gasteiger partial charge in [0.05, 0.1) is 10.8 Å². The summed E-state index contributed by atoms with van der Waals surface area (Å²) in [6.07, 6.45) is 0. The molecular weight excluding hydrogens is 1020 g/mol. The molecule has 0 heterocycles. The molecule has 14 aromatic carbocycles. The van der Waals surface area contributed by atoms with Crippen molar-refractivity contribution in [2.75, 3.05) is 4.90 Å². The molecule has 0 amide bonds. The summed E-state index contributed by atoms with van der Waals surface area (Å²) in [5.74, 6) is 0. The van der Waals surface area contributed by atoms with Crippen LogP contribution < -0.4 is 4.90 Å². The summed E-state index contributed by atoms with van der Waals surface area (Å²) in [6.45, 7) is 0. The first kappa shape index (κ1) is 49.9. The minimum atomic E-state index is -0.479. The van der Waals surface area contributed by atoms with Gasteiger partial charge < -0.3 is 4.90 Å². The van der Waals surface area contributed by atoms with Crippen molar-refractivity contribution in [2.24, 2.45) is 0 Å². The number of rotatable bonds is 11. The first-order valence-corrected chi connectivity index (χ1v) is 29.6. The highest BCUT2D eigenvalue weighted by Crippen LogP contribution is 2.60. The molecule has 1 nitrogen and oxygen atoms in total. The minimum Gasteiger partial charge on any atom is -0.311 e. The molecule has 0 N–H and O–H groups in total. The standard InChI is InChI=1S/C84H57N/c1-5-26-66(27-6-1)83(67-28-7-2-8-29-67)77-38-17-15-34-75(77)81-73(36-20-40-79(81)83)60-46-52-71(53-47-60)85(70-50-44-59(45-51-70)63-24-19-25-64(56-63)65-43-42-58-22-13-14-23-62(58)57-65)72-54-48-61(49-55-72)74-37-21-41-80-82(74)76-35-16-18-39-78(76)84(80,68-30-9-3-10-31-68)69-32-11-4-12-33-69/h1-57H. The number of benzene rings is 14. The molecule has 0 saturated heterocycles. The third-order valence-corrected chi connectivity index (χ3v) is 18.2. The Morgan fingerprint density at radius 3 is 0.953 bits per heavy atom. The van der Waals surface area contributed by atoms with Gasteiger partial charge in [-0.2, -0.15) is 0 Å². The predicted molar refractivity (Wildman–Crippen MR) is 355 cm³/mol. The Balaban J connectivity index is 0.814. The maximum atomic E-state index is 2.41. The lowest BCUT2D eigenvalue weighted by Crippen LogP contribution is -2.28. The van der Waals surface area contributed by atoms with Gasteiger partial charge >= 0.3 is 0 Å². The zero-order chi connectivity index (χ0) is 56.3. The fourth-order valence-electron chi connectivity index (χ4n) is 14.5. The van der Waals surface area contributed by atoms with Crippen LogP contribution in [-0.4, -0.2) is 0 Å². The Bertz CT molecular complexity index is 4470. The van der Waals surface area contributed by atoms with Crippen LogP contribution in [0.15, 0.2) is 346 Å². The first-order valence-electron chi connectivity index (χ1n) is 29.6. The van der Waals surface area contributed by atoms with Crippen LogP contribution in [0.1, 0.15) is 44.5 Å². The van der Waals surface area contributed by atoms with Gasteiger partial charge in [-0.05, 0) is 171 Å². The van der Waals surface area contributed by atoms with Gasteiger partial charge in [0.1, 0.15) is 0 Å². The molecule has 0 aromatic heterocycles. The van der Waals surface area contributed by atoms with Crippen LogP contribution in [0.2, 0.25) is 0 Å². The van der Waals surface area contributed by atoms with Crippen molar-refractivity contribution in [2.45, 2.75) is 10.8 Å². The molecule has 0 spiro atoms. The summed E-state index contributed by atoms with van der Waals surface area (Å²) in [4.78, 5) is 2.41. The quantitative estimate of drug-likeness (QED) is 0.125. The Morgan fingerprint density at radius 2 is 0.506 bits per heavy atom. The van der Waals surface area contributed by atoms with E-state index in [9.17, 15) is 0 Å². The van der Waals surface area contributed by atoms with Crippen molar-refractivity contribution in [3.8, 4) is 66.8 Å². The number of hydrogen-bond donors (Lipinski definition) is 0. The van der Waals surface area contributed by atoms with Gasteiger partial charge in [0.2, 0.25) is 0 Å². The lowest BCUT2D eigenvalue weighted by molar-refractivity contribution is 0.768. The maximum Gasteiger partial charge on any atom is 0.0713 e. The number of fused-ring (bicyclic) bond motifs is 7. The second kappa shape index (κ2) is 20.5. The predicted octanol–water partition coefficient (Wildman–Crippen LogP) is 21.7. The molecule has 0 fully saturated rings. The monoisotopic (exact) mass is 1080 g/mol. The lowest BCUT2D eigenvalue weighted by atomic mass is 9.67. The average molecular weight is 1080 g/mol. The first-order chi connectivity index (χ1) is 42.2. The molecule has 2 aliphatic rings. The summed E-state index contributed by atoms with van der Waals surface area (Å²) in [7, 11) is 0. The highest BCUT2D eigenvalue weighted by Gasteiger charge is 2.48. The Morgan fingerprint density at radius 1 is 0.188 bits per heavy atom. The summed E-state index contributed by atoms with van der Waals surface area (Å²) < 4.78 is 0. The van der Waals surface area contributed by atoms with Gasteiger partial charge in [-0.15, -0.1) is 0 Å². The van der Waals surface area contributed by atoms with Gasteiger partial charge in [0.25, 0.3) is 0 Å². The molecule has 2 aliphatic carbocycles. The molecule has 0 unspecified atom stereocenters. The summed E-state index contributed by atoms with van der Waals surface area (Å²) in [5.41, 5.74) is 27.2. The smallest absolute Gasteiger partial charge is 0.0713 e. The fraction of sp³-hybridized carbons (Fsp3) is 0.0238. The summed E-state index contributed by atoms with van der Waals surface area (Å²) in [6, 6.07) is 128. The molecule has 0 bridgehead atoms. The molecule has 0 saturated carbocycles. The third kappa shape index (κ3) is 8.00. The van der Waals surface area contributed by atoms with Gasteiger partial charge in [0, 0.05) is 17.1 Å². The van der Waals surface area contributed by atoms with Gasteiger partial charge in [-0.3, -0.25) is 0 Å². The van der Waals surface area contributed by atoms with E-state index >= 15 is 0 Å². The Hall–Kier alpha value is -10.9. The van der Waals surface area contributed by atoms with Crippen LogP contribution in [0, 0.1) is 0 Å². The van der Waals surface area contributed by atoms with E-state index in [-0.39, 0.29) is 0 Å². The van der Waals surface area contributed by atoms with Crippen LogP contribution >= 0.6 is 0 Å². The van der Waals surface area contributed by atoms with E-state index in [0.717, 1.165) is 22.6 Å². The van der Waals surface area contributed by atoms with E-state index in [0.29, 0.717) is 0 Å². The highest BCUT2D eigenvalue weighted by atomic mass is 15.1. The van der Waals surface area contributed by atoms with Gasteiger partial charge in [0.15, 0.2) is 0 Å². The average Bonchev–Trinajstić information content (AvgIpc) is 1.66. The SMILES string of the molecule is c1ccc(C2(c3ccccc3)c3ccccc3-c3c(-c4ccc(N(c5ccc(-c6cccc(-c7ccc8ccccc8c7)c6)cc5)c5ccc(-c6cccc7c6-c6ccccc6C7(c6ccccc6)c6ccccc6)cc5)cc4)cccc32)cc1. The van der Waals surface area contributed by atoms with Crippen LogP contribution in [-0.2, 0) is 10.8 Å². The van der Waals surface area contributed by atoms with Gasteiger partial charge in [-0.25, -0.2) is 0 Å². The van der Waals surface area contributed by atoms with Gasteiger partial charge in [-0.1, -0.05) is 297 Å². The van der Waals surface area contributed by atoms with E-state index in [4.69, 9.17) is 0 Å². The molecule has 0 aliphatic heterocycles. The lowest BCUT2D eigenvalue weighted by Gasteiger charge is -2.34. The number of nitrogens with zero attached hydrogens (tertiary/aromatic N) is 1. The molecule has 85 heavy (non-hydrogen) atoms. The molecule has 0 radical (unpaired) electrons. The van der Waals surface area contributed by atoms with Crippen molar-refractivity contribution in [1.29, 1.82) is 0 Å². The Labute approximate surface area is 497 Å². The van der Waals surface area contributed by atoms with Crippen LogP contribution in [0.4, 0.5) is 17.1 Å². The molecule has 1 heteroatoms. The van der Waals surface area contributed by atoms with E-state index < -0.39 is 10.8 Å². The van der Waals surface area contributed by atoms with Crippen molar-refractivity contribution in [3.05, 3.63) is 390 Å². The molecule has 0 atom stereocenters. The van der Waals surface area contributed by atoms with Crippen molar-refractivity contribution < 1.29 is 0 Å². The van der Waals surface area contributed by atoms with E-state index in [1.54, 1.807) is 0 Å². The second-order valence-electron chi connectivity index (χ2n) is 22.6. The number of anilines is 3. The zero-order valence-electron chi connectivity index (χ0n) is 46.9. The zero-order valence-corrected chi connectivity index (χ0v) is 46.9. The highest BCUT2D eigenvalue weighted by molar-refractivity contribution is 5.98. The minimum absolute atomic E-state index is 0.479. The molecule has 398 valence electrons. The van der Waals surface area contributed by atoms with E-state index in [1.807, 2.05) is 0 Å². The van der Waals surface area contributed by atoms with Crippen molar-refractivity contribution in [1.82, 2.24) is 0 Å². The second-order valence-corrected chi connectivity index (χ2v) is 22.6. The largest absolute Gasteiger partial charge is 0.311 e. The molecule has 16 rings (SSSR count). The van der Waals surface area contributed by atoms with E-state index in [1.165, 1.54) is 116 Å². The van der Waals surface area contributed by atoms with Crippen LogP contribution in [0.5, 0.6) is 0 Å². The molecule has 14 aromatic rings. The number of hydrogen-bond acceptors (Lipinski definition) is 1. The summed E-state index contributed by atoms with van der Waals surface area (Å²) in [5, 5.41) is 2.49. The third-order valence-electron chi connectivity index (χ3n) is 18.2. The van der Waals surface area contributed by atoms with Crippen LogP contribution in [0.3, 0.4) is 0 Å². The fourth-order valence-corrected chi connectivity index (χ4v) is 14.5. The summed E-state index contributed by atoms with van der Waals surface area (Å²) >= 11 is 0. The molecular formula is C84H57N. The Kier molecular flexibility index (Phi) is 12.1. The van der Waals surface area contributed by atoms with E-state index in [2.05, 4.69) is 351 Å². The normalized spacial score (nSPS) is 13.1. The maximum absolute atomic E-state index is 2.41. The van der Waals surface area contributed by atoms with Crippen molar-refractivity contribution in [3.63, 3.8) is 0 Å². The topological polar surface area (TPSA) is 3.24 Å². The van der Waals surface area contributed by atoms with Crippen LogP contribution in [0.25, 0.3) is 77.5 Å².